The third kappa shape index (κ3) is 11.0. The van der Waals surface area contributed by atoms with E-state index in [1.807, 2.05) is 155 Å². The smallest absolute Gasteiger partial charge is 0.252 e. The van der Waals surface area contributed by atoms with Gasteiger partial charge in [-0.1, -0.05) is 305 Å². The third-order valence-electron chi connectivity index (χ3n) is 22.6. The maximum Gasteiger partial charge on any atom is 0.252 e. The van der Waals surface area contributed by atoms with E-state index < -0.39 is 149 Å². The van der Waals surface area contributed by atoms with Gasteiger partial charge in [-0.15, -0.1) is 0 Å². The number of furan rings is 1. The number of nitrogens with zero attached hydrogens (tertiary/aromatic N) is 4. The van der Waals surface area contributed by atoms with Gasteiger partial charge in [0, 0.05) is 88.7 Å². The second kappa shape index (κ2) is 26.1. The lowest BCUT2D eigenvalue weighted by atomic mass is 9.33. The highest BCUT2D eigenvalue weighted by atomic mass is 16.3. The fraction of sp³-hybridized carbons (Fsp3) is 0.111. The van der Waals surface area contributed by atoms with Crippen molar-refractivity contribution in [3.05, 3.63) is 368 Å². The molecule has 16 aromatic carbocycles. The van der Waals surface area contributed by atoms with E-state index in [1.54, 1.807) is 60.7 Å². The molecule has 0 fully saturated rings. The Hall–Kier alpha value is -13.4. The molecule has 2 aliphatic rings. The Morgan fingerprint density at radius 1 is 0.289 bits per heavy atom. The summed E-state index contributed by atoms with van der Waals surface area (Å²) >= 11 is 0. The van der Waals surface area contributed by atoms with E-state index in [0.717, 1.165) is 16.5 Å². The molecule has 6 heteroatoms. The minimum absolute atomic E-state index is 0.0311. The largest absolute Gasteiger partial charge is 0.456 e. The Bertz CT molecular complexity index is 8310. The molecule has 0 bridgehead atoms. The molecule has 5 nitrogen and oxygen atoms in total. The minimum atomic E-state index is -1.66. The Morgan fingerprint density at radius 2 is 0.667 bits per heavy atom. The topological polar surface area (TPSA) is 29.5 Å². The summed E-state index contributed by atoms with van der Waals surface area (Å²) in [6.45, 7) is 17.2. The van der Waals surface area contributed by atoms with Crippen molar-refractivity contribution in [1.82, 2.24) is 9.13 Å². The van der Waals surface area contributed by atoms with Crippen LogP contribution in [0.5, 0.6) is 0 Å². The summed E-state index contributed by atoms with van der Waals surface area (Å²) in [5.41, 5.74) is 5.97. The van der Waals surface area contributed by atoms with E-state index >= 15 is 0 Å². The average Bonchev–Trinajstić information content (AvgIpc) is 0.926. The van der Waals surface area contributed by atoms with E-state index in [-0.39, 0.29) is 83.1 Å². The van der Waals surface area contributed by atoms with Crippen LogP contribution in [0.15, 0.2) is 356 Å². The fourth-order valence-corrected chi connectivity index (χ4v) is 17.0. The number of hydrogen-bond donors (Lipinski definition) is 0. The van der Waals surface area contributed by atoms with Crippen LogP contribution in [-0.4, -0.2) is 15.8 Å². The first kappa shape index (κ1) is 50.5. The van der Waals surface area contributed by atoms with Gasteiger partial charge >= 0.3 is 0 Å². The van der Waals surface area contributed by atoms with Crippen LogP contribution in [0.4, 0.5) is 34.1 Å². The van der Waals surface area contributed by atoms with Crippen molar-refractivity contribution in [1.29, 1.82) is 0 Å². The SMILES string of the molecule is [2H]c1c([2H])c(-n2c3c([2H])c([2H])c([2H])c([2H])c3c3c([2H])c(-c4ccccc4)c([2H])c([2H])c32)c([2H])c2c1B1c3c(cc(C(C)(C)C)cc3N(c3c(-c4ccccc4)cc(C(C)(C)C)cc3-c3cccc4oc5ccccc5c34)c3c([2H])c(-n4c5c([2H])c([2H])c([2H])c([2H])c5c5c([2H])c(-c6ccccc6)c([2H])c([2H])c54)c([2H])c([2H])c31)N2c1c(-c2ccccc2)cc(C(C)(C)C)cc1-c1ccccc1. The van der Waals surface area contributed by atoms with Gasteiger partial charge in [0.2, 0.25) is 0 Å². The van der Waals surface area contributed by atoms with Gasteiger partial charge in [-0.05, 0) is 203 Å². The number of hydrogen-bond acceptors (Lipinski definition) is 3. The lowest BCUT2D eigenvalue weighted by molar-refractivity contribution is 0.590. The van der Waals surface area contributed by atoms with Crippen molar-refractivity contribution >= 4 is 123 Å². The number of rotatable bonds is 10. The maximum absolute atomic E-state index is 12.1. The summed E-state index contributed by atoms with van der Waals surface area (Å²) in [5, 5.41) is 0.575. The molecular formula is C108H85BN4O. The van der Waals surface area contributed by atoms with Crippen molar-refractivity contribution < 1.29 is 31.8 Å². The van der Waals surface area contributed by atoms with E-state index in [1.165, 1.54) is 9.13 Å². The van der Waals surface area contributed by atoms with E-state index in [2.05, 4.69) is 86.6 Å². The van der Waals surface area contributed by atoms with Gasteiger partial charge in [0.15, 0.2) is 0 Å². The van der Waals surface area contributed by atoms with Gasteiger partial charge in [-0.25, -0.2) is 0 Å². The number of anilines is 6. The van der Waals surface area contributed by atoms with Gasteiger partial charge in [0.05, 0.1) is 60.9 Å². The third-order valence-corrected chi connectivity index (χ3v) is 22.6. The molecule has 3 aromatic heterocycles. The predicted octanol–water partition coefficient (Wildman–Crippen LogP) is 27.8. The highest BCUT2D eigenvalue weighted by Crippen LogP contribution is 2.57. The minimum Gasteiger partial charge on any atom is -0.456 e. The quantitative estimate of drug-likeness (QED) is 0.128. The summed E-state index contributed by atoms with van der Waals surface area (Å²) in [6, 6.07) is 60.1. The molecule has 546 valence electrons. The molecular weight excluding hydrogens is 1380 g/mol. The van der Waals surface area contributed by atoms with Gasteiger partial charge in [-0.3, -0.25) is 0 Å². The molecule has 5 heterocycles. The molecule has 0 unspecified atom stereocenters. The van der Waals surface area contributed by atoms with Gasteiger partial charge in [-0.2, -0.15) is 0 Å². The highest BCUT2D eigenvalue weighted by molar-refractivity contribution is 7.00. The van der Waals surface area contributed by atoms with Gasteiger partial charge in [0.1, 0.15) is 11.2 Å². The fourth-order valence-electron chi connectivity index (χ4n) is 17.0. The van der Waals surface area contributed by atoms with Crippen LogP contribution in [0.1, 0.15) is 106 Å². The van der Waals surface area contributed by atoms with E-state index in [9.17, 15) is 27.4 Å². The lowest BCUT2D eigenvalue weighted by Gasteiger charge is -2.47. The monoisotopic (exact) mass is 1480 g/mol. The Kier molecular flexibility index (Phi) is 11.6. The molecule has 0 atom stereocenters. The van der Waals surface area contributed by atoms with Crippen LogP contribution in [0.3, 0.4) is 0 Å². The van der Waals surface area contributed by atoms with E-state index in [4.69, 9.17) is 4.42 Å². The van der Waals surface area contributed by atoms with Gasteiger partial charge < -0.3 is 23.4 Å². The standard InChI is InChI=1S/C108H85BN4O/c1-106(2,3)75-60-84(70-36-19-12-20-37-70)104(85(61-75)71-38-21-13-22-39-71)112-96-66-78(110-92-46-28-25-42-80(92)87-58-73(50-56-94(87)110)68-32-15-10-16-33-68)52-54-90(96)109-91-55-53-79(111-93-47-29-26-43-81(93)88-59-74(51-57-95(88)111)69-34-17-11-18-35-69)67-97(91)113(99-65-77(108(7,8)9)64-98(112)103(99)109)105-86(72-40-23-14-24-41-72)62-76(107(4,5)6)63-89(105)82-45-31-49-101-102(82)83-44-27-30-48-100(83)114-101/h10-67H,1-9H3/i25D,26D,28D,29D,42D,43D,46D,47D,50D,51D,52D,53D,54D,55D,56D,57D,58D,59D,66D,67D. The highest BCUT2D eigenvalue weighted by Gasteiger charge is 2.47. The molecule has 114 heavy (non-hydrogen) atoms. The Morgan fingerprint density at radius 3 is 1.11 bits per heavy atom. The molecule has 0 spiro atoms. The van der Waals surface area contributed by atoms with Crippen molar-refractivity contribution in [2.24, 2.45) is 0 Å². The molecule has 2 aliphatic heterocycles. The molecule has 19 aromatic rings. The predicted molar refractivity (Wildman–Crippen MR) is 485 cm³/mol. The number of fused-ring (bicyclic) bond motifs is 13. The molecule has 0 radical (unpaired) electrons. The zero-order chi connectivity index (χ0) is 94.5. The first-order valence-corrected chi connectivity index (χ1v) is 38.5. The Balaban J connectivity index is 1.03. The van der Waals surface area contributed by atoms with Crippen LogP contribution in [-0.2, 0) is 16.2 Å². The number of aromatic nitrogens is 2. The van der Waals surface area contributed by atoms with E-state index in [0.29, 0.717) is 106 Å². The van der Waals surface area contributed by atoms with Crippen LogP contribution in [0.2, 0.25) is 0 Å². The number of benzene rings is 16. The second-order valence-corrected chi connectivity index (χ2v) is 32.8. The van der Waals surface area contributed by atoms with Crippen LogP contribution < -0.4 is 26.2 Å². The summed E-state index contributed by atoms with van der Waals surface area (Å²) in [6.07, 6.45) is 0. The van der Waals surface area contributed by atoms with Crippen LogP contribution in [0, 0.1) is 0 Å². The first-order valence-electron chi connectivity index (χ1n) is 48.5. The molecule has 21 rings (SSSR count). The van der Waals surface area contributed by atoms with Crippen molar-refractivity contribution in [3.8, 4) is 78.1 Å². The van der Waals surface area contributed by atoms with Crippen LogP contribution >= 0.6 is 0 Å². The summed E-state index contributed by atoms with van der Waals surface area (Å²) < 4.78 is 219. The first-order chi connectivity index (χ1) is 63.8. The van der Waals surface area contributed by atoms with Crippen molar-refractivity contribution in [2.45, 2.75) is 78.6 Å². The molecule has 0 saturated carbocycles. The second-order valence-electron chi connectivity index (χ2n) is 32.8. The zero-order valence-electron chi connectivity index (χ0n) is 84.2. The zero-order valence-corrected chi connectivity index (χ0v) is 64.2. The molecule has 0 aliphatic carbocycles. The maximum atomic E-state index is 12.1. The molecule has 0 saturated heterocycles. The summed E-state index contributed by atoms with van der Waals surface area (Å²) in [5.74, 6) is 0. The normalized spacial score (nSPS) is 15.4. The van der Waals surface area contributed by atoms with Crippen LogP contribution in [0.25, 0.3) is 144 Å². The average molecular weight is 1490 g/mol. The summed E-state index contributed by atoms with van der Waals surface area (Å²) in [4.78, 5) is 3.89. The Labute approximate surface area is 695 Å². The summed E-state index contributed by atoms with van der Waals surface area (Å²) in [7, 11) is 0. The number of para-hydroxylation sites is 3. The molecule has 0 N–H and O–H groups in total. The van der Waals surface area contributed by atoms with Crippen molar-refractivity contribution in [2.75, 3.05) is 9.80 Å². The molecule has 0 amide bonds. The van der Waals surface area contributed by atoms with Gasteiger partial charge in [0.25, 0.3) is 6.71 Å². The lowest BCUT2D eigenvalue weighted by Crippen LogP contribution is -2.61. The van der Waals surface area contributed by atoms with Crippen molar-refractivity contribution in [3.63, 3.8) is 0 Å².